The van der Waals surface area contributed by atoms with Gasteiger partial charge in [0.05, 0.1) is 32.6 Å². The molecule has 3 aromatic carbocycles. The molecule has 0 aliphatic heterocycles. The summed E-state index contributed by atoms with van der Waals surface area (Å²) in [6, 6.07) is 13.1. The van der Waals surface area contributed by atoms with E-state index in [1.165, 1.54) is 13.2 Å². The van der Waals surface area contributed by atoms with Gasteiger partial charge in [0.25, 0.3) is 0 Å². The fourth-order valence-corrected chi connectivity index (χ4v) is 4.21. The normalized spacial score (nSPS) is 11.4. The van der Waals surface area contributed by atoms with E-state index < -0.39 is 11.7 Å². The monoisotopic (exact) mass is 517 g/mol. The minimum Gasteiger partial charge on any atom is -0.497 e. The smallest absolute Gasteiger partial charge is 0.420 e. The third kappa shape index (κ3) is 4.97. The number of aryl methyl sites for hydroxylation is 1. The minimum atomic E-state index is -4.62. The Hall–Kier alpha value is -3.72. The molecule has 0 spiro atoms. The maximum atomic E-state index is 13.6. The van der Waals surface area contributed by atoms with Crippen LogP contribution in [0, 0.1) is 6.92 Å². The van der Waals surface area contributed by atoms with Gasteiger partial charge in [-0.1, -0.05) is 17.7 Å². The molecule has 0 bridgehead atoms. The third-order valence-electron chi connectivity index (χ3n) is 5.78. The molecule has 4 rings (SSSR count). The van der Waals surface area contributed by atoms with Crippen LogP contribution in [0.4, 0.5) is 19.0 Å². The first-order chi connectivity index (χ1) is 17.2. The summed E-state index contributed by atoms with van der Waals surface area (Å²) in [7, 11) is 4.36. The molecule has 0 fully saturated rings. The van der Waals surface area contributed by atoms with E-state index in [0.717, 1.165) is 22.4 Å². The maximum absolute atomic E-state index is 13.6. The van der Waals surface area contributed by atoms with E-state index >= 15 is 0 Å². The number of anilines is 1. The molecular weight excluding hydrogens is 495 g/mol. The largest absolute Gasteiger partial charge is 0.497 e. The predicted molar refractivity (Wildman–Crippen MR) is 133 cm³/mol. The number of methoxy groups -OCH3 is 3. The molecule has 1 N–H and O–H groups in total. The van der Waals surface area contributed by atoms with Gasteiger partial charge in [0.1, 0.15) is 17.2 Å². The summed E-state index contributed by atoms with van der Waals surface area (Å²) in [6.45, 7) is 2.19. The second-order valence-corrected chi connectivity index (χ2v) is 8.39. The summed E-state index contributed by atoms with van der Waals surface area (Å²) in [5.74, 6) is 1.56. The van der Waals surface area contributed by atoms with Crippen LogP contribution in [0.2, 0.25) is 5.02 Å². The summed E-state index contributed by atoms with van der Waals surface area (Å²) in [6.07, 6.45) is -4.62. The fraction of sp³-hybridized carbons (Fsp3) is 0.231. The average Bonchev–Trinajstić information content (AvgIpc) is 2.87. The highest BCUT2D eigenvalue weighted by Gasteiger charge is 2.36. The topological polar surface area (TPSA) is 65.5 Å². The van der Waals surface area contributed by atoms with Gasteiger partial charge in [-0.05, 0) is 48.9 Å². The molecule has 188 valence electrons. The molecule has 0 saturated carbocycles. The lowest BCUT2D eigenvalue weighted by atomic mass is 9.98. The Labute approximate surface area is 211 Å². The van der Waals surface area contributed by atoms with Crippen LogP contribution in [-0.4, -0.2) is 31.5 Å². The number of nitrogens with one attached hydrogen (secondary N) is 1. The van der Waals surface area contributed by atoms with E-state index in [1.807, 2.05) is 12.1 Å². The van der Waals surface area contributed by atoms with Crippen molar-refractivity contribution in [2.75, 3.05) is 26.6 Å². The number of hydrogen-bond acceptors (Lipinski definition) is 6. The van der Waals surface area contributed by atoms with Gasteiger partial charge >= 0.3 is 6.18 Å². The Morgan fingerprint density at radius 1 is 0.889 bits per heavy atom. The average molecular weight is 518 g/mol. The lowest BCUT2D eigenvalue weighted by molar-refractivity contribution is -0.138. The summed E-state index contributed by atoms with van der Waals surface area (Å²) in [5, 5.41) is 13.2. The summed E-state index contributed by atoms with van der Waals surface area (Å²) < 4.78 is 56.7. The third-order valence-corrected chi connectivity index (χ3v) is 6.00. The van der Waals surface area contributed by atoms with Gasteiger partial charge in [-0.3, -0.25) is 0 Å². The van der Waals surface area contributed by atoms with Crippen molar-refractivity contribution in [3.8, 4) is 28.4 Å². The first-order valence-electron chi connectivity index (χ1n) is 10.8. The van der Waals surface area contributed by atoms with Crippen molar-refractivity contribution in [3.05, 3.63) is 70.4 Å². The zero-order valence-electron chi connectivity index (χ0n) is 20.0. The lowest BCUT2D eigenvalue weighted by Crippen LogP contribution is -2.08. The molecule has 1 aromatic heterocycles. The summed E-state index contributed by atoms with van der Waals surface area (Å²) in [5.41, 5.74) is 1.30. The van der Waals surface area contributed by atoms with Crippen molar-refractivity contribution in [2.24, 2.45) is 0 Å². The zero-order valence-corrected chi connectivity index (χ0v) is 20.7. The Balaban J connectivity index is 1.75. The number of alkyl halides is 3. The molecule has 6 nitrogen and oxygen atoms in total. The minimum absolute atomic E-state index is 0.0430. The highest BCUT2D eigenvalue weighted by molar-refractivity contribution is 6.31. The molecule has 0 saturated heterocycles. The molecular formula is C26H23ClF3N3O3. The van der Waals surface area contributed by atoms with Crippen LogP contribution in [0.25, 0.3) is 21.9 Å². The Kier molecular flexibility index (Phi) is 7.12. The Morgan fingerprint density at radius 3 is 2.33 bits per heavy atom. The van der Waals surface area contributed by atoms with Crippen LogP contribution >= 0.6 is 11.6 Å². The van der Waals surface area contributed by atoms with Gasteiger partial charge in [0, 0.05) is 39.5 Å². The van der Waals surface area contributed by atoms with E-state index in [2.05, 4.69) is 15.5 Å². The molecule has 0 aliphatic rings. The molecule has 4 aromatic rings. The standard InChI is InChI=1S/C26H23ClF3N3O3/c1-14-20-9-15(21-10-17(27)11-22(24(21)36-4)26(28,29)30)6-8-19(20)25(33-32-14)31-13-16-5-7-18(34-2)12-23(16)35-3/h5-12H,13H2,1-4H3,(H,31,33). The number of aromatic nitrogens is 2. The molecule has 0 aliphatic carbocycles. The van der Waals surface area contributed by atoms with Crippen molar-refractivity contribution in [1.29, 1.82) is 0 Å². The second kappa shape index (κ2) is 10.1. The molecule has 0 amide bonds. The van der Waals surface area contributed by atoms with Crippen molar-refractivity contribution < 1.29 is 27.4 Å². The number of benzene rings is 3. The predicted octanol–water partition coefficient (Wildman–Crippen LogP) is 6.92. The SMILES string of the molecule is COc1ccc(CNc2nnc(C)c3cc(-c4cc(Cl)cc(C(F)(F)F)c4OC)ccc23)c(OC)c1. The molecule has 36 heavy (non-hydrogen) atoms. The second-order valence-electron chi connectivity index (χ2n) is 7.96. The number of nitrogens with zero attached hydrogens (tertiary/aromatic N) is 2. The summed E-state index contributed by atoms with van der Waals surface area (Å²) in [4.78, 5) is 0. The molecule has 0 unspecified atom stereocenters. The van der Waals surface area contributed by atoms with Gasteiger partial charge in [-0.15, -0.1) is 5.10 Å². The van der Waals surface area contributed by atoms with E-state index in [1.54, 1.807) is 45.4 Å². The first kappa shape index (κ1) is 25.4. The number of hydrogen-bond donors (Lipinski definition) is 1. The Morgan fingerprint density at radius 2 is 1.67 bits per heavy atom. The van der Waals surface area contributed by atoms with Gasteiger partial charge < -0.3 is 19.5 Å². The summed E-state index contributed by atoms with van der Waals surface area (Å²) >= 11 is 6.05. The molecule has 0 radical (unpaired) electrons. The number of rotatable bonds is 7. The zero-order chi connectivity index (χ0) is 26.0. The fourth-order valence-electron chi connectivity index (χ4n) is 4.00. The quantitative estimate of drug-likeness (QED) is 0.287. The van der Waals surface area contributed by atoms with E-state index in [9.17, 15) is 13.2 Å². The van der Waals surface area contributed by atoms with E-state index in [-0.39, 0.29) is 16.3 Å². The highest BCUT2D eigenvalue weighted by Crippen LogP contribution is 2.44. The van der Waals surface area contributed by atoms with Gasteiger partial charge in [0.15, 0.2) is 5.82 Å². The van der Waals surface area contributed by atoms with Gasteiger partial charge in [-0.25, -0.2) is 0 Å². The van der Waals surface area contributed by atoms with Gasteiger partial charge in [0.2, 0.25) is 0 Å². The first-order valence-corrected chi connectivity index (χ1v) is 11.2. The molecule has 10 heteroatoms. The number of halogens is 4. The maximum Gasteiger partial charge on any atom is 0.420 e. The van der Waals surface area contributed by atoms with Crippen molar-refractivity contribution in [3.63, 3.8) is 0 Å². The van der Waals surface area contributed by atoms with Crippen LogP contribution in [0.3, 0.4) is 0 Å². The number of fused-ring (bicyclic) bond motifs is 1. The van der Waals surface area contributed by atoms with E-state index in [4.69, 9.17) is 25.8 Å². The number of ether oxygens (including phenoxy) is 3. The van der Waals surface area contributed by atoms with E-state index in [0.29, 0.717) is 35.1 Å². The van der Waals surface area contributed by atoms with Crippen LogP contribution in [0.5, 0.6) is 17.2 Å². The van der Waals surface area contributed by atoms with Crippen LogP contribution < -0.4 is 19.5 Å². The van der Waals surface area contributed by atoms with Crippen molar-refractivity contribution >= 4 is 28.2 Å². The van der Waals surface area contributed by atoms with Gasteiger partial charge in [-0.2, -0.15) is 18.3 Å². The van der Waals surface area contributed by atoms with Crippen molar-refractivity contribution in [2.45, 2.75) is 19.6 Å². The van der Waals surface area contributed by atoms with Crippen LogP contribution in [0.1, 0.15) is 16.8 Å². The van der Waals surface area contributed by atoms with Crippen LogP contribution in [-0.2, 0) is 12.7 Å². The lowest BCUT2D eigenvalue weighted by Gasteiger charge is -2.17. The highest BCUT2D eigenvalue weighted by atomic mass is 35.5. The molecule has 0 atom stereocenters. The Bertz CT molecular complexity index is 1430. The van der Waals surface area contributed by atoms with Crippen molar-refractivity contribution in [1.82, 2.24) is 10.2 Å². The molecule has 1 heterocycles. The van der Waals surface area contributed by atoms with Crippen LogP contribution in [0.15, 0.2) is 48.5 Å².